The second-order valence-corrected chi connectivity index (χ2v) is 11.2. The highest BCUT2D eigenvalue weighted by molar-refractivity contribution is 8.15. The first kappa shape index (κ1) is 21.5. The molecule has 1 fully saturated rings. The molecular weight excluding hydrogens is 458 g/mol. The number of para-hydroxylation sites is 1. The van der Waals surface area contributed by atoms with Crippen molar-refractivity contribution in [3.63, 3.8) is 0 Å². The summed E-state index contributed by atoms with van der Waals surface area (Å²) in [5.74, 6) is 1.45. The molecule has 2 aliphatic rings. The molecule has 0 aliphatic carbocycles. The quantitative estimate of drug-likeness (QED) is 0.563. The number of carbonyl (C=O) groups excluding carboxylic acids is 1. The average Bonchev–Trinajstić information content (AvgIpc) is 3.28. The number of ether oxygens (including phenoxy) is 1. The molecule has 0 bridgehead atoms. The van der Waals surface area contributed by atoms with Crippen molar-refractivity contribution in [2.45, 2.75) is 11.3 Å². The maximum atomic E-state index is 12.7. The number of carbonyl (C=O) groups is 1. The number of rotatable bonds is 5. The summed E-state index contributed by atoms with van der Waals surface area (Å²) >= 11 is 1.44. The van der Waals surface area contributed by atoms with Crippen LogP contribution in [0.2, 0.25) is 0 Å². The van der Waals surface area contributed by atoms with E-state index < -0.39 is 9.84 Å². The number of hydrogen-bond acceptors (Lipinski definition) is 7. The average molecular weight is 480 g/mol. The van der Waals surface area contributed by atoms with Gasteiger partial charge >= 0.3 is 0 Å². The zero-order valence-corrected chi connectivity index (χ0v) is 19.1. The standard InChI is InChI=1S/C24H21N3O4S2/c28-23(25-17-9-11-20(12-10-17)31-19-7-2-1-3-8-19)16-5-4-6-18(13-16)26-24-27-21-14-33(29,30)15-22(21)32-24/h1-13,21-22H,14-15H2,(H,25,28)(H,26,27)/t21-,22-/m1/s1. The zero-order valence-electron chi connectivity index (χ0n) is 17.5. The van der Waals surface area contributed by atoms with Gasteiger partial charge in [0.15, 0.2) is 15.0 Å². The number of sulfone groups is 1. The Bertz CT molecular complexity index is 1310. The van der Waals surface area contributed by atoms with Gasteiger partial charge in [-0.3, -0.25) is 9.79 Å². The van der Waals surface area contributed by atoms with E-state index >= 15 is 0 Å². The minimum atomic E-state index is -2.98. The highest BCUT2D eigenvalue weighted by atomic mass is 32.2. The topological polar surface area (TPSA) is 96.9 Å². The summed E-state index contributed by atoms with van der Waals surface area (Å²) in [5.41, 5.74) is 1.88. The van der Waals surface area contributed by atoms with Crippen molar-refractivity contribution in [3.8, 4) is 11.5 Å². The van der Waals surface area contributed by atoms with Crippen molar-refractivity contribution in [1.29, 1.82) is 0 Å². The molecule has 1 saturated heterocycles. The molecule has 2 aliphatic heterocycles. The molecule has 0 aromatic heterocycles. The number of benzene rings is 3. The summed E-state index contributed by atoms with van der Waals surface area (Å²) in [6, 6.07) is 23.6. The van der Waals surface area contributed by atoms with E-state index in [9.17, 15) is 13.2 Å². The highest BCUT2D eigenvalue weighted by Gasteiger charge is 2.42. The van der Waals surface area contributed by atoms with E-state index in [-0.39, 0.29) is 28.7 Å². The number of fused-ring (bicyclic) bond motifs is 1. The number of amidine groups is 1. The molecule has 0 spiro atoms. The minimum absolute atomic E-state index is 0.0298. The Balaban J connectivity index is 1.21. The molecule has 9 heteroatoms. The van der Waals surface area contributed by atoms with Crippen LogP contribution in [0.15, 0.2) is 83.9 Å². The molecule has 0 unspecified atom stereocenters. The molecule has 3 aromatic rings. The Hall–Kier alpha value is -3.30. The SMILES string of the molecule is O=C(Nc1ccc(Oc2ccccc2)cc1)c1cccc(NC2=N[C@@H]3CS(=O)(=O)C[C@H]3S2)c1. The molecule has 3 aromatic carbocycles. The van der Waals surface area contributed by atoms with Crippen LogP contribution in [0.3, 0.4) is 0 Å². The molecule has 0 saturated carbocycles. The first-order valence-corrected chi connectivity index (χ1v) is 13.1. The lowest BCUT2D eigenvalue weighted by Crippen LogP contribution is -2.14. The van der Waals surface area contributed by atoms with E-state index in [0.717, 1.165) is 11.4 Å². The number of anilines is 2. The van der Waals surface area contributed by atoms with Gasteiger partial charge in [0.2, 0.25) is 0 Å². The summed E-state index contributed by atoms with van der Waals surface area (Å²) in [5, 5.41) is 6.75. The molecule has 2 heterocycles. The summed E-state index contributed by atoms with van der Waals surface area (Å²) in [4.78, 5) is 17.2. The van der Waals surface area contributed by atoms with Gasteiger partial charge in [0.05, 0.1) is 17.5 Å². The zero-order chi connectivity index (χ0) is 22.8. The lowest BCUT2D eigenvalue weighted by Gasteiger charge is -2.10. The van der Waals surface area contributed by atoms with Gasteiger partial charge in [0.1, 0.15) is 11.5 Å². The van der Waals surface area contributed by atoms with Gasteiger partial charge in [0.25, 0.3) is 5.91 Å². The van der Waals surface area contributed by atoms with Crippen LogP contribution in [0.4, 0.5) is 11.4 Å². The van der Waals surface area contributed by atoms with Crippen LogP contribution in [-0.2, 0) is 9.84 Å². The monoisotopic (exact) mass is 479 g/mol. The Morgan fingerprint density at radius 3 is 2.42 bits per heavy atom. The smallest absolute Gasteiger partial charge is 0.255 e. The van der Waals surface area contributed by atoms with Gasteiger partial charge < -0.3 is 15.4 Å². The van der Waals surface area contributed by atoms with E-state index in [1.54, 1.807) is 42.5 Å². The number of hydrogen-bond donors (Lipinski definition) is 2. The fourth-order valence-electron chi connectivity index (χ4n) is 3.71. The molecule has 7 nitrogen and oxygen atoms in total. The van der Waals surface area contributed by atoms with Crippen LogP contribution in [0, 0.1) is 0 Å². The van der Waals surface area contributed by atoms with Crippen LogP contribution in [0.1, 0.15) is 10.4 Å². The van der Waals surface area contributed by atoms with Crippen molar-refractivity contribution in [3.05, 3.63) is 84.4 Å². The van der Waals surface area contributed by atoms with E-state index in [4.69, 9.17) is 4.74 Å². The van der Waals surface area contributed by atoms with E-state index in [1.165, 1.54) is 11.8 Å². The minimum Gasteiger partial charge on any atom is -0.457 e. The number of amides is 1. The Kier molecular flexibility index (Phi) is 5.82. The first-order valence-electron chi connectivity index (χ1n) is 10.4. The largest absolute Gasteiger partial charge is 0.457 e. The van der Waals surface area contributed by atoms with Crippen molar-refractivity contribution < 1.29 is 17.9 Å². The van der Waals surface area contributed by atoms with Gasteiger partial charge in [-0.1, -0.05) is 36.0 Å². The van der Waals surface area contributed by atoms with Gasteiger partial charge in [0, 0.05) is 22.2 Å². The van der Waals surface area contributed by atoms with Crippen molar-refractivity contribution in [2.75, 3.05) is 22.1 Å². The summed E-state index contributed by atoms with van der Waals surface area (Å²) in [6.45, 7) is 0. The van der Waals surface area contributed by atoms with Crippen LogP contribution in [-0.4, -0.2) is 42.3 Å². The van der Waals surface area contributed by atoms with Crippen molar-refractivity contribution >= 4 is 44.0 Å². The van der Waals surface area contributed by atoms with Gasteiger partial charge in [-0.15, -0.1) is 0 Å². The molecular formula is C24H21N3O4S2. The molecule has 0 radical (unpaired) electrons. The molecule has 5 rings (SSSR count). The number of nitrogens with one attached hydrogen (secondary N) is 2. The summed E-state index contributed by atoms with van der Waals surface area (Å²) in [6.07, 6.45) is 0. The molecule has 2 atom stereocenters. The maximum absolute atomic E-state index is 12.7. The number of nitrogens with zero attached hydrogens (tertiary/aromatic N) is 1. The van der Waals surface area contributed by atoms with Crippen molar-refractivity contribution in [2.24, 2.45) is 4.99 Å². The maximum Gasteiger partial charge on any atom is 0.255 e. The lowest BCUT2D eigenvalue weighted by molar-refractivity contribution is 0.102. The second kappa shape index (κ2) is 8.92. The van der Waals surface area contributed by atoms with Gasteiger partial charge in [-0.2, -0.15) is 0 Å². The second-order valence-electron chi connectivity index (χ2n) is 7.83. The van der Waals surface area contributed by atoms with Gasteiger partial charge in [-0.25, -0.2) is 8.42 Å². The number of thioether (sulfide) groups is 1. The van der Waals surface area contributed by atoms with Crippen LogP contribution < -0.4 is 15.4 Å². The predicted molar refractivity (Wildman–Crippen MR) is 132 cm³/mol. The summed E-state index contributed by atoms with van der Waals surface area (Å²) < 4.78 is 29.2. The predicted octanol–water partition coefficient (Wildman–Crippen LogP) is 4.41. The molecule has 168 valence electrons. The van der Waals surface area contributed by atoms with Crippen LogP contribution in [0.25, 0.3) is 0 Å². The molecule has 1 amide bonds. The van der Waals surface area contributed by atoms with E-state index in [2.05, 4.69) is 15.6 Å². The van der Waals surface area contributed by atoms with Crippen LogP contribution >= 0.6 is 11.8 Å². The first-order chi connectivity index (χ1) is 15.9. The Morgan fingerprint density at radius 1 is 0.909 bits per heavy atom. The molecule has 2 N–H and O–H groups in total. The Morgan fingerprint density at radius 2 is 1.67 bits per heavy atom. The van der Waals surface area contributed by atoms with E-state index in [1.807, 2.05) is 36.4 Å². The van der Waals surface area contributed by atoms with Crippen molar-refractivity contribution in [1.82, 2.24) is 0 Å². The van der Waals surface area contributed by atoms with Crippen LogP contribution in [0.5, 0.6) is 11.5 Å². The van der Waals surface area contributed by atoms with E-state index in [0.29, 0.717) is 22.2 Å². The Labute approximate surface area is 196 Å². The molecule has 33 heavy (non-hydrogen) atoms. The third-order valence-corrected chi connectivity index (χ3v) is 8.43. The third-order valence-electron chi connectivity index (χ3n) is 5.29. The number of aliphatic imine (C=N–C) groups is 1. The third kappa shape index (κ3) is 5.20. The lowest BCUT2D eigenvalue weighted by atomic mass is 10.2. The normalized spacial score (nSPS) is 20.5. The summed E-state index contributed by atoms with van der Waals surface area (Å²) in [7, 11) is -2.98. The van der Waals surface area contributed by atoms with Gasteiger partial charge in [-0.05, 0) is 54.6 Å². The highest BCUT2D eigenvalue weighted by Crippen LogP contribution is 2.34. The fourth-order valence-corrected chi connectivity index (χ4v) is 7.39. The fraction of sp³-hybridized carbons (Fsp3) is 0.167.